The third-order valence-electron chi connectivity index (χ3n) is 6.24. The molecule has 0 radical (unpaired) electrons. The zero-order chi connectivity index (χ0) is 26.9. The molecule has 0 saturated carbocycles. The molecule has 2 aliphatic heterocycles. The maximum Gasteiger partial charge on any atom is 0.331 e. The quantitative estimate of drug-likeness (QED) is 0.262. The lowest BCUT2D eigenvalue weighted by Gasteiger charge is -2.33. The van der Waals surface area contributed by atoms with E-state index >= 15 is 0 Å². The number of likely N-dealkylation sites (tertiary alicyclic amines) is 1. The van der Waals surface area contributed by atoms with Gasteiger partial charge in [0.25, 0.3) is 10.0 Å². The fourth-order valence-corrected chi connectivity index (χ4v) is 6.04. The van der Waals surface area contributed by atoms with Gasteiger partial charge in [0.15, 0.2) is 5.76 Å². The first-order chi connectivity index (χ1) is 18.3. The van der Waals surface area contributed by atoms with Gasteiger partial charge in [-0.15, -0.1) is 0 Å². The molecule has 0 unspecified atom stereocenters. The van der Waals surface area contributed by atoms with E-state index in [1.165, 1.54) is 30.3 Å². The molecule has 1 fully saturated rings. The maximum atomic E-state index is 13.9. The van der Waals surface area contributed by atoms with Gasteiger partial charge in [0.05, 0.1) is 11.4 Å². The summed E-state index contributed by atoms with van der Waals surface area (Å²) in [6, 6.07) is 22.7. The van der Waals surface area contributed by atoms with E-state index in [0.717, 1.165) is 9.21 Å². The van der Waals surface area contributed by atoms with Crippen molar-refractivity contribution in [3.8, 4) is 0 Å². The summed E-state index contributed by atoms with van der Waals surface area (Å²) >= 11 is 0. The third kappa shape index (κ3) is 4.61. The molecule has 0 aromatic heterocycles. The number of carbonyl (C=O) groups excluding carboxylic acids is 4. The number of sulfonamides is 1. The van der Waals surface area contributed by atoms with Crippen molar-refractivity contribution in [1.29, 1.82) is 0 Å². The molecule has 10 heteroatoms. The highest BCUT2D eigenvalue weighted by Gasteiger charge is 2.42. The standard InChI is InChI=1S/C28H22N2O7S/c31-23-15-16-24(32)29(23)18-25(33)37-28-21-13-7-8-14-22(21)38(35,36)30(17-19-9-3-1-4-10-19)26(28)27(34)20-11-5-2-6-12-20/h1-14H,15-18H2. The van der Waals surface area contributed by atoms with E-state index in [1.54, 1.807) is 54.6 Å². The van der Waals surface area contributed by atoms with Crippen LogP contribution in [-0.4, -0.2) is 47.7 Å². The molecule has 9 nitrogen and oxygen atoms in total. The van der Waals surface area contributed by atoms with Crippen molar-refractivity contribution in [2.75, 3.05) is 6.54 Å². The number of hydrogen-bond acceptors (Lipinski definition) is 7. The van der Waals surface area contributed by atoms with Crippen molar-refractivity contribution in [3.05, 3.63) is 107 Å². The molecule has 0 N–H and O–H groups in total. The molecular formula is C28H22N2O7S. The van der Waals surface area contributed by atoms with E-state index in [4.69, 9.17) is 4.74 Å². The molecule has 3 aromatic carbocycles. The molecule has 38 heavy (non-hydrogen) atoms. The summed E-state index contributed by atoms with van der Waals surface area (Å²) in [6.07, 6.45) is -0.00301. The van der Waals surface area contributed by atoms with Gasteiger partial charge in [-0.2, -0.15) is 0 Å². The van der Waals surface area contributed by atoms with Gasteiger partial charge in [-0.25, -0.2) is 13.2 Å². The summed E-state index contributed by atoms with van der Waals surface area (Å²) in [5, 5.41) is 0. The van der Waals surface area contributed by atoms with Crippen LogP contribution in [0.15, 0.2) is 95.5 Å². The molecule has 1 saturated heterocycles. The van der Waals surface area contributed by atoms with Gasteiger partial charge < -0.3 is 4.74 Å². The molecule has 2 heterocycles. The van der Waals surface area contributed by atoms with Crippen molar-refractivity contribution in [3.63, 3.8) is 0 Å². The average Bonchev–Trinajstić information content (AvgIpc) is 3.24. The summed E-state index contributed by atoms with van der Waals surface area (Å²) in [5.41, 5.74) is 0.482. The van der Waals surface area contributed by atoms with Gasteiger partial charge in [-0.3, -0.25) is 23.6 Å². The summed E-state index contributed by atoms with van der Waals surface area (Å²) in [4.78, 5) is 51.6. The van der Waals surface area contributed by atoms with Crippen LogP contribution in [0.1, 0.15) is 34.3 Å². The van der Waals surface area contributed by atoms with Crippen molar-refractivity contribution in [2.24, 2.45) is 0 Å². The topological polar surface area (TPSA) is 118 Å². The van der Waals surface area contributed by atoms with E-state index in [1.807, 2.05) is 0 Å². The van der Waals surface area contributed by atoms with Gasteiger partial charge in [-0.1, -0.05) is 72.8 Å². The average molecular weight is 531 g/mol. The van der Waals surface area contributed by atoms with Crippen molar-refractivity contribution in [1.82, 2.24) is 9.21 Å². The lowest BCUT2D eigenvalue weighted by Crippen LogP contribution is -2.39. The molecule has 3 aromatic rings. The monoisotopic (exact) mass is 530 g/mol. The van der Waals surface area contributed by atoms with Gasteiger partial charge in [0, 0.05) is 24.0 Å². The Kier molecular flexibility index (Phi) is 6.64. The fraction of sp³-hybridized carbons (Fsp3) is 0.143. The van der Waals surface area contributed by atoms with Gasteiger partial charge in [0.2, 0.25) is 17.6 Å². The number of Topliss-reactive ketones (excluding diaryl/α,β-unsaturated/α-hetero) is 1. The van der Waals surface area contributed by atoms with Crippen LogP contribution >= 0.6 is 0 Å². The van der Waals surface area contributed by atoms with Crippen LogP contribution in [0, 0.1) is 0 Å². The Labute approximate surface area is 219 Å². The molecule has 0 aliphatic carbocycles. The van der Waals surface area contributed by atoms with Crippen LogP contribution in [0.2, 0.25) is 0 Å². The highest BCUT2D eigenvalue weighted by molar-refractivity contribution is 7.89. The zero-order valence-electron chi connectivity index (χ0n) is 20.1. The number of ether oxygens (including phenoxy) is 1. The lowest BCUT2D eigenvalue weighted by atomic mass is 10.0. The van der Waals surface area contributed by atoms with Gasteiger partial charge in [-0.05, 0) is 17.7 Å². The molecule has 2 amide bonds. The molecule has 192 valence electrons. The minimum Gasteiger partial charge on any atom is -0.422 e. The van der Waals surface area contributed by atoms with E-state index in [0.29, 0.717) is 5.56 Å². The first kappa shape index (κ1) is 25.1. The van der Waals surface area contributed by atoms with Crippen LogP contribution in [0.4, 0.5) is 0 Å². The number of benzene rings is 3. The second kappa shape index (κ2) is 10.1. The Bertz CT molecular complexity index is 1570. The Morgan fingerprint density at radius 2 is 1.37 bits per heavy atom. The van der Waals surface area contributed by atoms with Crippen LogP contribution < -0.4 is 0 Å². The molecule has 5 rings (SSSR count). The second-order valence-electron chi connectivity index (χ2n) is 8.71. The largest absolute Gasteiger partial charge is 0.422 e. The smallest absolute Gasteiger partial charge is 0.331 e. The Morgan fingerprint density at radius 1 is 0.789 bits per heavy atom. The third-order valence-corrected chi connectivity index (χ3v) is 8.05. The number of nitrogens with zero attached hydrogens (tertiary/aromatic N) is 2. The summed E-state index contributed by atoms with van der Waals surface area (Å²) in [6.45, 7) is -0.850. The second-order valence-corrected chi connectivity index (χ2v) is 10.5. The highest BCUT2D eigenvalue weighted by atomic mass is 32.2. The van der Waals surface area contributed by atoms with Crippen molar-refractivity contribution < 1.29 is 32.3 Å². The van der Waals surface area contributed by atoms with Gasteiger partial charge >= 0.3 is 5.97 Å². The predicted molar refractivity (Wildman–Crippen MR) is 135 cm³/mol. The maximum absolute atomic E-state index is 13.9. The van der Waals surface area contributed by atoms with Crippen molar-refractivity contribution >= 4 is 39.3 Å². The number of allylic oxidation sites excluding steroid dienone is 1. The number of ketones is 1. The lowest BCUT2D eigenvalue weighted by molar-refractivity contribution is -0.148. The number of imide groups is 1. The summed E-state index contributed by atoms with van der Waals surface area (Å²) < 4.78 is 34.3. The zero-order valence-corrected chi connectivity index (χ0v) is 20.9. The molecule has 0 spiro atoms. The number of carbonyl (C=O) groups is 4. The minimum atomic E-state index is -4.25. The molecule has 0 bridgehead atoms. The van der Waals surface area contributed by atoms with Crippen LogP contribution in [0.3, 0.4) is 0 Å². The predicted octanol–water partition coefficient (Wildman–Crippen LogP) is 3.13. The number of fused-ring (bicyclic) bond motifs is 1. The van der Waals surface area contributed by atoms with E-state index < -0.39 is 40.1 Å². The van der Waals surface area contributed by atoms with Crippen LogP contribution in [-0.2, 0) is 35.7 Å². The molecule has 2 aliphatic rings. The Balaban J connectivity index is 1.67. The Morgan fingerprint density at radius 3 is 2.03 bits per heavy atom. The van der Waals surface area contributed by atoms with Gasteiger partial charge in [0.1, 0.15) is 12.2 Å². The Hall–Kier alpha value is -4.57. The van der Waals surface area contributed by atoms with E-state index in [-0.39, 0.29) is 46.9 Å². The molecular weight excluding hydrogens is 508 g/mol. The van der Waals surface area contributed by atoms with E-state index in [2.05, 4.69) is 0 Å². The van der Waals surface area contributed by atoms with Crippen LogP contribution in [0.25, 0.3) is 5.76 Å². The molecule has 0 atom stereocenters. The SMILES string of the molecule is O=C(CN1C(=O)CCC1=O)OC1=C(C(=O)c2ccccc2)N(Cc2ccccc2)S(=O)(=O)c2ccccc21. The minimum absolute atomic E-state index is 0.00150. The fourth-order valence-electron chi connectivity index (χ4n) is 4.39. The van der Waals surface area contributed by atoms with E-state index in [9.17, 15) is 27.6 Å². The first-order valence-corrected chi connectivity index (χ1v) is 13.3. The number of hydrogen-bond donors (Lipinski definition) is 0. The normalized spacial score (nSPS) is 16.4. The number of esters is 1. The summed E-state index contributed by atoms with van der Waals surface area (Å²) in [7, 11) is -4.25. The van der Waals surface area contributed by atoms with Crippen molar-refractivity contribution in [2.45, 2.75) is 24.3 Å². The first-order valence-electron chi connectivity index (χ1n) is 11.8. The summed E-state index contributed by atoms with van der Waals surface area (Å²) in [5.74, 6) is -2.91. The number of amides is 2. The highest BCUT2D eigenvalue weighted by Crippen LogP contribution is 2.39. The number of rotatable bonds is 7. The van der Waals surface area contributed by atoms with Crippen LogP contribution in [0.5, 0.6) is 0 Å².